The summed E-state index contributed by atoms with van der Waals surface area (Å²) in [6.45, 7) is 0.942. The Labute approximate surface area is 99.5 Å². The van der Waals surface area contributed by atoms with E-state index in [0.29, 0.717) is 0 Å². The number of thioether (sulfide) groups is 1. The van der Waals surface area contributed by atoms with Crippen LogP contribution in [-0.2, 0) is 0 Å². The van der Waals surface area contributed by atoms with Gasteiger partial charge in [-0.25, -0.2) is 4.52 Å². The number of fused-ring (bicyclic) bond motifs is 1. The molecule has 86 valence electrons. The first-order chi connectivity index (χ1) is 7.90. The molecule has 0 fully saturated rings. The maximum atomic E-state index is 4.37. The highest BCUT2D eigenvalue weighted by Gasteiger charge is 2.00. The molecule has 0 aliphatic rings. The minimum Gasteiger partial charge on any atom is -0.353 e. The van der Waals surface area contributed by atoms with Crippen molar-refractivity contribution in [3.05, 3.63) is 24.4 Å². The van der Waals surface area contributed by atoms with Gasteiger partial charge in [-0.1, -0.05) is 6.07 Å². The predicted octanol–water partition coefficient (Wildman–Crippen LogP) is 2.28. The largest absolute Gasteiger partial charge is 0.353 e. The number of aromatic nitrogens is 3. The third-order valence-electron chi connectivity index (χ3n) is 2.30. The van der Waals surface area contributed by atoms with E-state index in [1.807, 2.05) is 36.2 Å². The molecule has 2 heterocycles. The highest BCUT2D eigenvalue weighted by atomic mass is 32.2. The number of hydrogen-bond donors (Lipinski definition) is 1. The average Bonchev–Trinajstić information content (AvgIpc) is 2.71. The summed E-state index contributed by atoms with van der Waals surface area (Å²) in [4.78, 5) is 4.37. The van der Waals surface area contributed by atoms with E-state index in [4.69, 9.17) is 0 Å². The van der Waals surface area contributed by atoms with Crippen molar-refractivity contribution >= 4 is 23.4 Å². The van der Waals surface area contributed by atoms with Crippen LogP contribution in [0.15, 0.2) is 24.4 Å². The number of nitrogens with zero attached hydrogens (tertiary/aromatic N) is 3. The zero-order chi connectivity index (χ0) is 11.2. The van der Waals surface area contributed by atoms with Gasteiger partial charge in [0.1, 0.15) is 0 Å². The first-order valence-corrected chi connectivity index (χ1v) is 6.84. The van der Waals surface area contributed by atoms with Crippen LogP contribution in [0.1, 0.15) is 12.8 Å². The zero-order valence-electron chi connectivity index (χ0n) is 9.39. The van der Waals surface area contributed by atoms with Gasteiger partial charge >= 0.3 is 0 Å². The Bertz CT molecular complexity index is 407. The van der Waals surface area contributed by atoms with Gasteiger partial charge in [0.15, 0.2) is 5.65 Å². The van der Waals surface area contributed by atoms with Crippen LogP contribution in [-0.4, -0.2) is 33.2 Å². The van der Waals surface area contributed by atoms with Crippen LogP contribution in [0.4, 0.5) is 5.95 Å². The van der Waals surface area contributed by atoms with Gasteiger partial charge in [-0.15, -0.1) is 5.10 Å². The molecule has 0 aromatic carbocycles. The molecule has 0 spiro atoms. The molecule has 0 saturated heterocycles. The van der Waals surface area contributed by atoms with Gasteiger partial charge in [0.2, 0.25) is 5.95 Å². The van der Waals surface area contributed by atoms with Gasteiger partial charge in [-0.05, 0) is 37.0 Å². The van der Waals surface area contributed by atoms with E-state index in [-0.39, 0.29) is 0 Å². The Kier molecular flexibility index (Phi) is 4.04. The second kappa shape index (κ2) is 5.75. The first kappa shape index (κ1) is 11.3. The van der Waals surface area contributed by atoms with Crippen molar-refractivity contribution in [2.24, 2.45) is 0 Å². The third kappa shape index (κ3) is 2.88. The fourth-order valence-corrected chi connectivity index (χ4v) is 1.97. The van der Waals surface area contributed by atoms with Crippen LogP contribution in [0.5, 0.6) is 0 Å². The lowest BCUT2D eigenvalue weighted by atomic mass is 10.3. The lowest BCUT2D eigenvalue weighted by Gasteiger charge is -1.99. The third-order valence-corrected chi connectivity index (χ3v) is 3.00. The van der Waals surface area contributed by atoms with Crippen molar-refractivity contribution in [1.82, 2.24) is 14.6 Å². The van der Waals surface area contributed by atoms with Crippen molar-refractivity contribution in [3.8, 4) is 0 Å². The van der Waals surface area contributed by atoms with Crippen LogP contribution in [0.2, 0.25) is 0 Å². The minimum absolute atomic E-state index is 0.718. The summed E-state index contributed by atoms with van der Waals surface area (Å²) >= 11 is 1.89. The SMILES string of the molecule is CSCCCCNc1nc2ccccn2n1. The zero-order valence-corrected chi connectivity index (χ0v) is 10.2. The molecule has 0 saturated carbocycles. The molecule has 0 aliphatic carbocycles. The standard InChI is InChI=1S/C11H16N4S/c1-16-9-5-3-7-12-11-13-10-6-2-4-8-15(10)14-11/h2,4,6,8H,3,5,7,9H2,1H3,(H,12,14). The molecule has 0 atom stereocenters. The summed E-state index contributed by atoms with van der Waals surface area (Å²) in [6, 6.07) is 5.86. The molecule has 0 radical (unpaired) electrons. The lowest BCUT2D eigenvalue weighted by Crippen LogP contribution is -2.03. The number of nitrogens with one attached hydrogen (secondary N) is 1. The molecular formula is C11H16N4S. The van der Waals surface area contributed by atoms with E-state index in [1.54, 1.807) is 4.52 Å². The maximum absolute atomic E-state index is 4.37. The van der Waals surface area contributed by atoms with Crippen LogP contribution in [0.25, 0.3) is 5.65 Å². The maximum Gasteiger partial charge on any atom is 0.243 e. The van der Waals surface area contributed by atoms with Gasteiger partial charge in [-0.3, -0.25) is 0 Å². The molecule has 0 bridgehead atoms. The summed E-state index contributed by atoms with van der Waals surface area (Å²) in [5.74, 6) is 1.94. The molecule has 16 heavy (non-hydrogen) atoms. The van der Waals surface area contributed by atoms with Gasteiger partial charge < -0.3 is 5.32 Å². The summed E-state index contributed by atoms with van der Waals surface area (Å²) in [5.41, 5.74) is 0.883. The summed E-state index contributed by atoms with van der Waals surface area (Å²) in [5, 5.41) is 7.56. The Morgan fingerprint density at radius 3 is 3.12 bits per heavy atom. The van der Waals surface area contributed by atoms with Gasteiger partial charge in [0.25, 0.3) is 0 Å². The molecule has 0 aliphatic heterocycles. The van der Waals surface area contributed by atoms with E-state index in [2.05, 4.69) is 21.7 Å². The number of rotatable bonds is 6. The number of anilines is 1. The van der Waals surface area contributed by atoms with Crippen LogP contribution in [0.3, 0.4) is 0 Å². The highest BCUT2D eigenvalue weighted by Crippen LogP contribution is 2.05. The summed E-state index contributed by atoms with van der Waals surface area (Å²) in [6.07, 6.45) is 6.44. The Morgan fingerprint density at radius 2 is 2.31 bits per heavy atom. The number of pyridine rings is 1. The minimum atomic E-state index is 0.718. The predicted molar refractivity (Wildman–Crippen MR) is 69.1 cm³/mol. The summed E-state index contributed by atoms with van der Waals surface area (Å²) in [7, 11) is 0. The quantitative estimate of drug-likeness (QED) is 0.781. The molecule has 0 amide bonds. The molecule has 2 rings (SSSR count). The van der Waals surface area contributed by atoms with Gasteiger partial charge in [-0.2, -0.15) is 16.7 Å². The number of unbranched alkanes of at least 4 members (excludes halogenated alkanes) is 1. The molecule has 4 nitrogen and oxygen atoms in total. The van der Waals surface area contributed by atoms with Crippen LogP contribution < -0.4 is 5.32 Å². The van der Waals surface area contributed by atoms with E-state index < -0.39 is 0 Å². The van der Waals surface area contributed by atoms with Crippen molar-refractivity contribution < 1.29 is 0 Å². The summed E-state index contributed by atoms with van der Waals surface area (Å²) < 4.78 is 1.78. The second-order valence-corrected chi connectivity index (χ2v) is 4.55. The molecule has 2 aromatic rings. The van der Waals surface area contributed by atoms with Crippen molar-refractivity contribution in [1.29, 1.82) is 0 Å². The van der Waals surface area contributed by atoms with Gasteiger partial charge in [0.05, 0.1) is 0 Å². The highest BCUT2D eigenvalue weighted by molar-refractivity contribution is 7.98. The fourth-order valence-electron chi connectivity index (χ4n) is 1.48. The molecule has 5 heteroatoms. The fraction of sp³-hybridized carbons (Fsp3) is 0.455. The van der Waals surface area contributed by atoms with Crippen LogP contribution >= 0.6 is 11.8 Å². The van der Waals surface area contributed by atoms with Crippen molar-refractivity contribution in [3.63, 3.8) is 0 Å². The molecular weight excluding hydrogens is 220 g/mol. The van der Waals surface area contributed by atoms with E-state index in [9.17, 15) is 0 Å². The van der Waals surface area contributed by atoms with E-state index in [1.165, 1.54) is 12.2 Å². The topological polar surface area (TPSA) is 42.2 Å². The van der Waals surface area contributed by atoms with Crippen molar-refractivity contribution in [2.45, 2.75) is 12.8 Å². The van der Waals surface area contributed by atoms with Gasteiger partial charge in [0, 0.05) is 12.7 Å². The second-order valence-electron chi connectivity index (χ2n) is 3.57. The normalized spacial score (nSPS) is 10.8. The van der Waals surface area contributed by atoms with E-state index >= 15 is 0 Å². The monoisotopic (exact) mass is 236 g/mol. The molecule has 1 N–H and O–H groups in total. The van der Waals surface area contributed by atoms with Crippen LogP contribution in [0, 0.1) is 0 Å². The number of hydrogen-bond acceptors (Lipinski definition) is 4. The lowest BCUT2D eigenvalue weighted by molar-refractivity contribution is 0.832. The van der Waals surface area contributed by atoms with Crippen molar-refractivity contribution in [2.75, 3.05) is 23.9 Å². The first-order valence-electron chi connectivity index (χ1n) is 5.44. The average molecular weight is 236 g/mol. The van der Waals surface area contributed by atoms with E-state index in [0.717, 1.165) is 24.6 Å². The Hall–Kier alpha value is -1.23. The molecule has 0 unspecified atom stereocenters. The molecule has 2 aromatic heterocycles. The smallest absolute Gasteiger partial charge is 0.243 e. The Morgan fingerprint density at radius 1 is 1.38 bits per heavy atom. The Balaban J connectivity index is 1.85.